The smallest absolute Gasteiger partial charge is 0.169 e. The average molecular weight is 258 g/mol. The fraction of sp³-hybridized carbons (Fsp3) is 0.636. The first-order valence-corrected chi connectivity index (χ1v) is 5.97. The highest BCUT2D eigenvalue weighted by Gasteiger charge is 2.27. The Morgan fingerprint density at radius 2 is 2.14 bits per heavy atom. The quantitative estimate of drug-likeness (QED) is 0.898. The van der Waals surface area contributed by atoms with Crippen LogP contribution in [0.3, 0.4) is 0 Å². The lowest BCUT2D eigenvalue weighted by atomic mass is 10.0. The Kier molecular flexibility index (Phi) is 2.98. The zero-order chi connectivity index (χ0) is 10.0. The van der Waals surface area contributed by atoms with Crippen molar-refractivity contribution in [3.8, 4) is 0 Å². The lowest BCUT2D eigenvalue weighted by Gasteiger charge is -2.24. The van der Waals surface area contributed by atoms with Gasteiger partial charge in [-0.15, -0.1) is 0 Å². The standard InChI is InChI=1S/C11H16BrNO/c1-11(6-2-3-7-11)13-8-9-4-5-10(12)14-9/h4-5,13H,2-3,6-8H2,1H3. The molecule has 0 radical (unpaired) electrons. The summed E-state index contributed by atoms with van der Waals surface area (Å²) in [5.74, 6) is 1.00. The van der Waals surface area contributed by atoms with Crippen LogP contribution in [0, 0.1) is 0 Å². The molecule has 1 aromatic heterocycles. The Hall–Kier alpha value is -0.280. The van der Waals surface area contributed by atoms with Gasteiger partial charge in [-0.3, -0.25) is 0 Å². The van der Waals surface area contributed by atoms with Gasteiger partial charge in [0.1, 0.15) is 5.76 Å². The lowest BCUT2D eigenvalue weighted by molar-refractivity contribution is 0.339. The van der Waals surface area contributed by atoms with Crippen LogP contribution in [0.5, 0.6) is 0 Å². The summed E-state index contributed by atoms with van der Waals surface area (Å²) >= 11 is 3.30. The zero-order valence-electron chi connectivity index (χ0n) is 8.48. The maximum absolute atomic E-state index is 5.44. The van der Waals surface area contributed by atoms with Gasteiger partial charge in [-0.25, -0.2) is 0 Å². The molecule has 1 fully saturated rings. The first-order chi connectivity index (χ1) is 6.68. The molecule has 0 bridgehead atoms. The molecule has 78 valence electrons. The highest BCUT2D eigenvalue weighted by molar-refractivity contribution is 9.10. The van der Waals surface area contributed by atoms with Crippen LogP contribution in [0.2, 0.25) is 0 Å². The molecule has 0 aromatic carbocycles. The van der Waals surface area contributed by atoms with Crippen molar-refractivity contribution < 1.29 is 4.42 Å². The maximum atomic E-state index is 5.44. The molecule has 0 aliphatic heterocycles. The van der Waals surface area contributed by atoms with Crippen molar-refractivity contribution in [1.29, 1.82) is 0 Å². The third kappa shape index (κ3) is 2.39. The molecule has 1 N–H and O–H groups in total. The average Bonchev–Trinajstić information content (AvgIpc) is 2.73. The van der Waals surface area contributed by atoms with Crippen molar-refractivity contribution in [3.63, 3.8) is 0 Å². The van der Waals surface area contributed by atoms with E-state index in [0.717, 1.165) is 17.0 Å². The van der Waals surface area contributed by atoms with Gasteiger partial charge in [0.25, 0.3) is 0 Å². The third-order valence-electron chi connectivity index (χ3n) is 3.03. The molecule has 14 heavy (non-hydrogen) atoms. The zero-order valence-corrected chi connectivity index (χ0v) is 10.1. The molecular formula is C11H16BrNO. The van der Waals surface area contributed by atoms with Crippen LogP contribution < -0.4 is 5.32 Å². The van der Waals surface area contributed by atoms with Crippen LogP contribution in [0.25, 0.3) is 0 Å². The molecule has 2 rings (SSSR count). The van der Waals surface area contributed by atoms with Crippen molar-refractivity contribution in [2.24, 2.45) is 0 Å². The minimum absolute atomic E-state index is 0.333. The normalized spacial score (nSPS) is 20.1. The summed E-state index contributed by atoms with van der Waals surface area (Å²) in [6.07, 6.45) is 5.28. The minimum Gasteiger partial charge on any atom is -0.453 e. The third-order valence-corrected chi connectivity index (χ3v) is 3.45. The maximum Gasteiger partial charge on any atom is 0.169 e. The molecule has 0 spiro atoms. The highest BCUT2D eigenvalue weighted by Crippen LogP contribution is 2.29. The largest absolute Gasteiger partial charge is 0.453 e. The monoisotopic (exact) mass is 257 g/mol. The van der Waals surface area contributed by atoms with E-state index < -0.39 is 0 Å². The Labute approximate surface area is 93.2 Å². The summed E-state index contributed by atoms with van der Waals surface area (Å²) in [4.78, 5) is 0. The predicted octanol–water partition coefficient (Wildman–Crippen LogP) is 3.46. The van der Waals surface area contributed by atoms with Gasteiger partial charge in [0.2, 0.25) is 0 Å². The molecule has 1 aliphatic rings. The molecule has 0 saturated heterocycles. The van der Waals surface area contributed by atoms with E-state index in [1.807, 2.05) is 12.1 Å². The van der Waals surface area contributed by atoms with Gasteiger partial charge in [-0.1, -0.05) is 12.8 Å². The summed E-state index contributed by atoms with van der Waals surface area (Å²) in [5, 5.41) is 3.57. The van der Waals surface area contributed by atoms with Crippen LogP contribution in [-0.2, 0) is 6.54 Å². The number of nitrogens with one attached hydrogen (secondary N) is 1. The van der Waals surface area contributed by atoms with Crippen molar-refractivity contribution in [2.45, 2.75) is 44.7 Å². The van der Waals surface area contributed by atoms with E-state index in [-0.39, 0.29) is 0 Å². The summed E-state index contributed by atoms with van der Waals surface area (Å²) in [6.45, 7) is 3.14. The fourth-order valence-electron chi connectivity index (χ4n) is 2.08. The first kappa shape index (κ1) is 10.2. The Morgan fingerprint density at radius 3 is 2.71 bits per heavy atom. The van der Waals surface area contributed by atoms with Crippen molar-refractivity contribution >= 4 is 15.9 Å². The second-order valence-corrected chi connectivity index (χ2v) is 5.11. The molecule has 2 nitrogen and oxygen atoms in total. The molecular weight excluding hydrogens is 242 g/mol. The van der Waals surface area contributed by atoms with E-state index in [1.165, 1.54) is 25.7 Å². The van der Waals surface area contributed by atoms with Crippen LogP contribution in [-0.4, -0.2) is 5.54 Å². The van der Waals surface area contributed by atoms with Gasteiger partial charge < -0.3 is 9.73 Å². The second kappa shape index (κ2) is 4.07. The van der Waals surface area contributed by atoms with Gasteiger partial charge in [-0.05, 0) is 47.8 Å². The van der Waals surface area contributed by atoms with Gasteiger partial charge in [0.15, 0.2) is 4.67 Å². The lowest BCUT2D eigenvalue weighted by Crippen LogP contribution is -2.38. The fourth-order valence-corrected chi connectivity index (χ4v) is 2.42. The number of hydrogen-bond donors (Lipinski definition) is 1. The van der Waals surface area contributed by atoms with E-state index in [1.54, 1.807) is 0 Å². The predicted molar refractivity (Wildman–Crippen MR) is 60.1 cm³/mol. The van der Waals surface area contributed by atoms with Crippen molar-refractivity contribution in [1.82, 2.24) is 5.32 Å². The number of rotatable bonds is 3. The molecule has 3 heteroatoms. The van der Waals surface area contributed by atoms with Crippen LogP contribution in [0.1, 0.15) is 38.4 Å². The van der Waals surface area contributed by atoms with E-state index in [2.05, 4.69) is 28.2 Å². The van der Waals surface area contributed by atoms with Gasteiger partial charge >= 0.3 is 0 Å². The summed E-state index contributed by atoms with van der Waals surface area (Å²) in [7, 11) is 0. The Balaban J connectivity index is 1.87. The van der Waals surface area contributed by atoms with E-state index in [9.17, 15) is 0 Å². The summed E-state index contributed by atoms with van der Waals surface area (Å²) < 4.78 is 6.25. The molecule has 1 aliphatic carbocycles. The van der Waals surface area contributed by atoms with E-state index in [4.69, 9.17) is 4.42 Å². The summed E-state index contributed by atoms with van der Waals surface area (Å²) in [5.41, 5.74) is 0.333. The van der Waals surface area contributed by atoms with Gasteiger partial charge in [0.05, 0.1) is 6.54 Å². The van der Waals surface area contributed by atoms with Crippen LogP contribution in [0.15, 0.2) is 21.2 Å². The van der Waals surface area contributed by atoms with Crippen LogP contribution >= 0.6 is 15.9 Å². The Morgan fingerprint density at radius 1 is 1.43 bits per heavy atom. The van der Waals surface area contributed by atoms with Gasteiger partial charge in [-0.2, -0.15) is 0 Å². The minimum atomic E-state index is 0.333. The van der Waals surface area contributed by atoms with Crippen molar-refractivity contribution in [3.05, 3.63) is 22.6 Å². The van der Waals surface area contributed by atoms with E-state index in [0.29, 0.717) is 5.54 Å². The topological polar surface area (TPSA) is 25.2 Å². The second-order valence-electron chi connectivity index (χ2n) is 4.33. The van der Waals surface area contributed by atoms with E-state index >= 15 is 0 Å². The molecule has 1 heterocycles. The highest BCUT2D eigenvalue weighted by atomic mass is 79.9. The first-order valence-electron chi connectivity index (χ1n) is 5.17. The number of halogens is 1. The SMILES string of the molecule is CC1(NCc2ccc(Br)o2)CCCC1. The molecule has 1 saturated carbocycles. The molecule has 1 aromatic rings. The Bertz CT molecular complexity index is 302. The molecule has 0 amide bonds. The summed E-state index contributed by atoms with van der Waals surface area (Å²) in [6, 6.07) is 3.95. The van der Waals surface area contributed by atoms with Crippen LogP contribution in [0.4, 0.5) is 0 Å². The number of furan rings is 1. The molecule has 0 unspecified atom stereocenters. The van der Waals surface area contributed by atoms with Gasteiger partial charge in [0, 0.05) is 5.54 Å². The number of hydrogen-bond acceptors (Lipinski definition) is 2. The molecule has 0 atom stereocenters. The van der Waals surface area contributed by atoms with Crippen molar-refractivity contribution in [2.75, 3.05) is 0 Å².